The summed E-state index contributed by atoms with van der Waals surface area (Å²) in [5.74, 6) is -0.305. The second-order valence-electron chi connectivity index (χ2n) is 5.62. The summed E-state index contributed by atoms with van der Waals surface area (Å²) in [5, 5.41) is 14.4. The van der Waals surface area contributed by atoms with E-state index in [1.165, 1.54) is 23.5 Å². The maximum atomic E-state index is 12.0. The van der Waals surface area contributed by atoms with Crippen LogP contribution in [0.15, 0.2) is 41.8 Å². The second-order valence-corrected chi connectivity index (χ2v) is 7.66. The number of thiazole rings is 1. The minimum absolute atomic E-state index is 0.187. The van der Waals surface area contributed by atoms with Crippen LogP contribution in [0.1, 0.15) is 29.2 Å². The number of nitrogens with one attached hydrogen (secondary N) is 2. The molecule has 0 aliphatic rings. The van der Waals surface area contributed by atoms with Gasteiger partial charge >= 0.3 is 10.3 Å². The molecule has 1 heterocycles. The number of benzene rings is 1. The highest BCUT2D eigenvalue weighted by molar-refractivity contribution is 7.87. The molecular formula is C16H19N3O5S2. The fourth-order valence-corrected chi connectivity index (χ4v) is 3.42. The Labute approximate surface area is 155 Å². The quantitative estimate of drug-likeness (QED) is 0.397. The maximum Gasteiger partial charge on any atom is 0.357 e. The summed E-state index contributed by atoms with van der Waals surface area (Å²) in [6.07, 6.45) is 0.406. The van der Waals surface area contributed by atoms with Gasteiger partial charge in [0.05, 0.1) is 24.0 Å². The Morgan fingerprint density at radius 1 is 1.35 bits per heavy atom. The number of aliphatic hydroxyl groups excluding tert-OH is 1. The van der Waals surface area contributed by atoms with E-state index in [1.807, 2.05) is 4.72 Å². The van der Waals surface area contributed by atoms with Crippen LogP contribution in [-0.4, -0.2) is 29.0 Å². The summed E-state index contributed by atoms with van der Waals surface area (Å²) in [5.41, 5.74) is 1.92. The van der Waals surface area contributed by atoms with Crippen LogP contribution in [-0.2, 0) is 28.1 Å². The zero-order valence-electron chi connectivity index (χ0n) is 14.0. The van der Waals surface area contributed by atoms with E-state index < -0.39 is 16.3 Å². The lowest BCUT2D eigenvalue weighted by molar-refractivity contribution is -0.118. The number of amides is 1. The molecule has 1 aromatic heterocycles. The van der Waals surface area contributed by atoms with Crippen LogP contribution in [0.3, 0.4) is 0 Å². The van der Waals surface area contributed by atoms with E-state index in [4.69, 9.17) is 4.55 Å². The number of rotatable bonds is 8. The molecule has 0 spiro atoms. The zero-order valence-corrected chi connectivity index (χ0v) is 15.6. The van der Waals surface area contributed by atoms with Crippen molar-refractivity contribution in [3.8, 4) is 0 Å². The molecule has 26 heavy (non-hydrogen) atoms. The zero-order chi connectivity index (χ0) is 19.3. The lowest BCUT2D eigenvalue weighted by Gasteiger charge is -2.17. The topological polar surface area (TPSA) is 129 Å². The van der Waals surface area contributed by atoms with Crippen molar-refractivity contribution in [3.05, 3.63) is 58.1 Å². The number of carbonyl (C=O) groups is 1. The predicted molar refractivity (Wildman–Crippen MR) is 99.1 cm³/mol. The largest absolute Gasteiger partial charge is 0.390 e. The van der Waals surface area contributed by atoms with Crippen molar-refractivity contribution in [3.63, 3.8) is 0 Å². The summed E-state index contributed by atoms with van der Waals surface area (Å²) in [6.45, 7) is 5.03. The number of aliphatic hydroxyl groups is 1. The predicted octanol–water partition coefficient (Wildman–Crippen LogP) is 1.83. The van der Waals surface area contributed by atoms with Crippen molar-refractivity contribution in [2.24, 2.45) is 0 Å². The van der Waals surface area contributed by atoms with Gasteiger partial charge in [-0.05, 0) is 31.0 Å². The SMILES string of the molecule is C=C(C)C(=O)N[C@@H](Cc1ccc(NS(=O)(=O)O)cc1)c1nc(CO)cs1. The van der Waals surface area contributed by atoms with E-state index in [9.17, 15) is 18.3 Å². The Morgan fingerprint density at radius 3 is 2.50 bits per heavy atom. The second kappa shape index (κ2) is 8.41. The summed E-state index contributed by atoms with van der Waals surface area (Å²) >= 11 is 1.33. The molecule has 1 aromatic carbocycles. The molecule has 1 amide bonds. The van der Waals surface area contributed by atoms with E-state index in [0.717, 1.165) is 5.56 Å². The smallest absolute Gasteiger partial charge is 0.357 e. The fraction of sp³-hybridized carbons (Fsp3) is 0.250. The van der Waals surface area contributed by atoms with Gasteiger partial charge in [0.25, 0.3) is 0 Å². The van der Waals surface area contributed by atoms with Crippen molar-refractivity contribution in [2.45, 2.75) is 26.0 Å². The lowest BCUT2D eigenvalue weighted by Crippen LogP contribution is -2.30. The summed E-state index contributed by atoms with van der Waals surface area (Å²) < 4.78 is 32.4. The summed E-state index contributed by atoms with van der Waals surface area (Å²) in [7, 11) is -4.33. The van der Waals surface area contributed by atoms with Crippen molar-refractivity contribution >= 4 is 33.2 Å². The molecule has 0 bridgehead atoms. The molecule has 8 nitrogen and oxygen atoms in total. The van der Waals surface area contributed by atoms with E-state index in [1.54, 1.807) is 24.4 Å². The Balaban J connectivity index is 2.20. The van der Waals surface area contributed by atoms with Crippen molar-refractivity contribution in [1.82, 2.24) is 10.3 Å². The molecule has 0 saturated heterocycles. The highest BCUT2D eigenvalue weighted by atomic mass is 32.2. The van der Waals surface area contributed by atoms with Crippen molar-refractivity contribution in [1.29, 1.82) is 0 Å². The molecule has 4 N–H and O–H groups in total. The normalized spacial score (nSPS) is 12.4. The van der Waals surface area contributed by atoms with Crippen LogP contribution in [0, 0.1) is 0 Å². The average molecular weight is 397 g/mol. The highest BCUT2D eigenvalue weighted by Gasteiger charge is 2.19. The molecule has 140 valence electrons. The Hall–Kier alpha value is -2.27. The highest BCUT2D eigenvalue weighted by Crippen LogP contribution is 2.24. The molecule has 2 aromatic rings. The van der Waals surface area contributed by atoms with Gasteiger partial charge < -0.3 is 10.4 Å². The summed E-state index contributed by atoms with van der Waals surface area (Å²) in [4.78, 5) is 16.3. The number of hydrogen-bond acceptors (Lipinski definition) is 6. The molecule has 10 heteroatoms. The standard InChI is InChI=1S/C16H19N3O5S2/c1-10(2)15(21)18-14(16-17-13(8-20)9-25-16)7-11-3-5-12(6-4-11)19-26(22,23)24/h3-6,9,14,19-20H,1,7-8H2,2H3,(H,18,21)(H,22,23,24)/t14-/m0/s1. The number of carbonyl (C=O) groups excluding carboxylic acids is 1. The lowest BCUT2D eigenvalue weighted by atomic mass is 10.1. The van der Waals surface area contributed by atoms with Gasteiger partial charge in [-0.3, -0.25) is 14.1 Å². The molecule has 1 atom stereocenters. The molecule has 0 aliphatic carbocycles. The van der Waals surface area contributed by atoms with Crippen LogP contribution in [0.4, 0.5) is 5.69 Å². The first-order valence-electron chi connectivity index (χ1n) is 7.53. The maximum absolute atomic E-state index is 12.0. The number of nitrogens with zero attached hydrogens (tertiary/aromatic N) is 1. The van der Waals surface area contributed by atoms with Crippen LogP contribution in [0.5, 0.6) is 0 Å². The number of aromatic nitrogens is 1. The first-order valence-corrected chi connectivity index (χ1v) is 9.85. The van der Waals surface area contributed by atoms with Crippen LogP contribution in [0.2, 0.25) is 0 Å². The first kappa shape index (κ1) is 20.0. The van der Waals surface area contributed by atoms with Crippen LogP contribution in [0.25, 0.3) is 0 Å². The van der Waals surface area contributed by atoms with Gasteiger partial charge in [-0.2, -0.15) is 8.42 Å². The molecule has 2 rings (SSSR count). The van der Waals surface area contributed by atoms with Gasteiger partial charge in [-0.15, -0.1) is 11.3 Å². The first-order chi connectivity index (χ1) is 12.2. The van der Waals surface area contributed by atoms with E-state index >= 15 is 0 Å². The molecular weight excluding hydrogens is 378 g/mol. The van der Waals surface area contributed by atoms with Crippen LogP contribution < -0.4 is 10.0 Å². The third-order valence-electron chi connectivity index (χ3n) is 3.36. The fourth-order valence-electron chi connectivity index (χ4n) is 2.13. The van der Waals surface area contributed by atoms with E-state index in [2.05, 4.69) is 16.9 Å². The summed E-state index contributed by atoms with van der Waals surface area (Å²) in [6, 6.07) is 5.93. The minimum Gasteiger partial charge on any atom is -0.390 e. The Kier molecular flexibility index (Phi) is 6.48. The Morgan fingerprint density at radius 2 is 2.00 bits per heavy atom. The molecule has 0 aliphatic heterocycles. The molecule has 0 unspecified atom stereocenters. The van der Waals surface area contributed by atoms with E-state index in [-0.39, 0.29) is 18.2 Å². The third-order valence-corrected chi connectivity index (χ3v) is 4.86. The van der Waals surface area contributed by atoms with E-state index in [0.29, 0.717) is 22.7 Å². The van der Waals surface area contributed by atoms with Crippen molar-refractivity contribution < 1.29 is 22.9 Å². The van der Waals surface area contributed by atoms with Gasteiger partial charge in [0.2, 0.25) is 5.91 Å². The average Bonchev–Trinajstić information content (AvgIpc) is 3.03. The number of hydrogen-bond donors (Lipinski definition) is 4. The Bertz CT molecular complexity index is 891. The molecule has 0 radical (unpaired) electrons. The molecule has 0 fully saturated rings. The minimum atomic E-state index is -4.33. The van der Waals surface area contributed by atoms with Gasteiger partial charge in [-0.1, -0.05) is 18.7 Å². The monoisotopic (exact) mass is 397 g/mol. The van der Waals surface area contributed by atoms with Gasteiger partial charge in [0, 0.05) is 11.0 Å². The number of anilines is 1. The van der Waals surface area contributed by atoms with Gasteiger partial charge in [-0.25, -0.2) is 4.98 Å². The third kappa shape index (κ3) is 5.92. The molecule has 0 saturated carbocycles. The van der Waals surface area contributed by atoms with Gasteiger partial charge in [0.1, 0.15) is 5.01 Å². The van der Waals surface area contributed by atoms with Crippen molar-refractivity contribution in [2.75, 3.05) is 4.72 Å². The van der Waals surface area contributed by atoms with Crippen LogP contribution >= 0.6 is 11.3 Å². The van der Waals surface area contributed by atoms with Gasteiger partial charge in [0.15, 0.2) is 0 Å².